The fraction of sp³-hybridized carbons (Fsp3) is 0.571. The lowest BCUT2D eigenvalue weighted by Gasteiger charge is -2.34. The molecule has 3 rings (SSSR count). The molecule has 4 nitrogen and oxygen atoms in total. The van der Waals surface area contributed by atoms with Crippen molar-refractivity contribution in [3.63, 3.8) is 0 Å². The molecule has 2 saturated heterocycles. The van der Waals surface area contributed by atoms with E-state index in [9.17, 15) is 21.6 Å². The van der Waals surface area contributed by atoms with Gasteiger partial charge in [-0.25, -0.2) is 8.42 Å². The van der Waals surface area contributed by atoms with Crippen LogP contribution < -0.4 is 5.32 Å². The Morgan fingerprint density at radius 1 is 1.17 bits per heavy atom. The van der Waals surface area contributed by atoms with Crippen LogP contribution in [0.1, 0.15) is 18.4 Å². The Labute approximate surface area is 139 Å². The van der Waals surface area contributed by atoms with Crippen LogP contribution in [0.2, 0.25) is 0 Å². The van der Waals surface area contributed by atoms with E-state index < -0.39 is 26.7 Å². The molecule has 1 aromatic carbocycles. The fourth-order valence-corrected chi connectivity index (χ4v) is 5.02. The summed E-state index contributed by atoms with van der Waals surface area (Å²) < 4.78 is 65.7. The molecule has 23 heavy (non-hydrogen) atoms. The molecule has 0 spiro atoms. The van der Waals surface area contributed by atoms with Crippen molar-refractivity contribution in [2.24, 2.45) is 5.92 Å². The van der Waals surface area contributed by atoms with E-state index >= 15 is 0 Å². The number of hydrogen-bond acceptors (Lipinski definition) is 3. The minimum absolute atomic E-state index is 0. The van der Waals surface area contributed by atoms with Gasteiger partial charge in [-0.05, 0) is 37.4 Å². The minimum Gasteiger partial charge on any atom is -0.314 e. The van der Waals surface area contributed by atoms with Crippen LogP contribution in [0, 0.1) is 5.92 Å². The summed E-state index contributed by atoms with van der Waals surface area (Å²) in [5.41, 5.74) is -1.10. The number of fused-ring (bicyclic) bond motifs is 1. The molecule has 2 aliphatic heterocycles. The highest BCUT2D eigenvalue weighted by molar-refractivity contribution is 7.89. The molecule has 2 atom stereocenters. The van der Waals surface area contributed by atoms with E-state index in [1.807, 2.05) is 0 Å². The highest BCUT2D eigenvalue weighted by Gasteiger charge is 2.42. The third kappa shape index (κ3) is 3.50. The summed E-state index contributed by atoms with van der Waals surface area (Å²) in [6.45, 7) is 1.37. The summed E-state index contributed by atoms with van der Waals surface area (Å²) >= 11 is 0. The second kappa shape index (κ2) is 6.58. The second-order valence-corrected chi connectivity index (χ2v) is 7.66. The minimum atomic E-state index is -4.68. The second-order valence-electron chi connectivity index (χ2n) is 5.76. The van der Waals surface area contributed by atoms with Gasteiger partial charge in [-0.15, -0.1) is 12.4 Å². The van der Waals surface area contributed by atoms with Crippen molar-refractivity contribution in [3.05, 3.63) is 29.8 Å². The van der Waals surface area contributed by atoms with Crippen molar-refractivity contribution < 1.29 is 21.6 Å². The molecule has 0 bridgehead atoms. The van der Waals surface area contributed by atoms with Crippen LogP contribution in [-0.2, 0) is 16.2 Å². The molecule has 0 amide bonds. The number of halogens is 4. The maximum atomic E-state index is 13.1. The van der Waals surface area contributed by atoms with Crippen molar-refractivity contribution >= 4 is 22.4 Å². The summed E-state index contributed by atoms with van der Waals surface area (Å²) in [5, 5.41) is 3.30. The number of piperidine rings is 1. The van der Waals surface area contributed by atoms with E-state index in [1.165, 1.54) is 16.4 Å². The Hall–Kier alpha value is -0.830. The molecule has 1 aromatic rings. The van der Waals surface area contributed by atoms with Crippen molar-refractivity contribution in [1.82, 2.24) is 9.62 Å². The Kier molecular flexibility index (Phi) is 5.30. The predicted molar refractivity (Wildman–Crippen MR) is 82.0 cm³/mol. The van der Waals surface area contributed by atoms with Gasteiger partial charge in [0.25, 0.3) is 0 Å². The number of benzene rings is 1. The van der Waals surface area contributed by atoms with E-state index in [0.717, 1.165) is 25.1 Å². The maximum absolute atomic E-state index is 13.1. The van der Waals surface area contributed by atoms with E-state index in [4.69, 9.17) is 0 Å². The molecule has 0 aliphatic carbocycles. The zero-order valence-corrected chi connectivity index (χ0v) is 13.8. The molecule has 130 valence electrons. The van der Waals surface area contributed by atoms with Crippen LogP contribution in [-0.4, -0.2) is 38.4 Å². The third-order valence-corrected chi connectivity index (χ3v) is 6.35. The van der Waals surface area contributed by atoms with Crippen molar-refractivity contribution in [1.29, 1.82) is 0 Å². The van der Waals surface area contributed by atoms with Gasteiger partial charge in [0.05, 0.1) is 10.5 Å². The average molecular weight is 371 g/mol. The summed E-state index contributed by atoms with van der Waals surface area (Å²) in [4.78, 5) is -0.646. The molecular weight excluding hydrogens is 353 g/mol. The first-order valence-electron chi connectivity index (χ1n) is 7.20. The fourth-order valence-electron chi connectivity index (χ4n) is 3.30. The first-order chi connectivity index (χ1) is 10.3. The molecule has 0 aromatic heterocycles. The van der Waals surface area contributed by atoms with Gasteiger partial charge in [0.2, 0.25) is 10.0 Å². The third-order valence-electron chi connectivity index (χ3n) is 4.43. The number of nitrogens with zero attached hydrogens (tertiary/aromatic N) is 1. The van der Waals surface area contributed by atoms with Gasteiger partial charge in [0.1, 0.15) is 0 Å². The quantitative estimate of drug-likeness (QED) is 0.870. The molecule has 1 N–H and O–H groups in total. The molecule has 2 heterocycles. The first-order valence-corrected chi connectivity index (χ1v) is 8.64. The topological polar surface area (TPSA) is 49.4 Å². The Bertz CT molecular complexity index is 666. The number of alkyl halides is 3. The highest BCUT2D eigenvalue weighted by Crippen LogP contribution is 2.36. The summed E-state index contributed by atoms with van der Waals surface area (Å²) in [6, 6.07) is 4.67. The number of hydrogen-bond donors (Lipinski definition) is 1. The zero-order chi connectivity index (χ0) is 16.0. The number of nitrogens with one attached hydrogen (secondary N) is 1. The normalized spacial score (nSPS) is 25.7. The lowest BCUT2D eigenvalue weighted by atomic mass is 9.95. The molecule has 2 aliphatic rings. The summed E-state index contributed by atoms with van der Waals surface area (Å²) in [7, 11) is -4.13. The van der Waals surface area contributed by atoms with E-state index in [1.54, 1.807) is 0 Å². The molecule has 2 unspecified atom stereocenters. The highest BCUT2D eigenvalue weighted by atomic mass is 35.5. The standard InChI is InChI=1S/C14H17F3N2O2S.ClH/c15-14(16,17)11-3-1-2-4-13(11)22(20,21)19-8-6-12-10(9-19)5-7-18-12;/h1-4,10,12,18H,5-9H2;1H. The predicted octanol–water partition coefficient (Wildman–Crippen LogP) is 2.50. The summed E-state index contributed by atoms with van der Waals surface area (Å²) in [5.74, 6) is 0.182. The lowest BCUT2D eigenvalue weighted by molar-refractivity contribution is -0.139. The van der Waals surface area contributed by atoms with Crippen LogP contribution in [0.3, 0.4) is 0 Å². The van der Waals surface area contributed by atoms with Crippen LogP contribution in [0.15, 0.2) is 29.2 Å². The van der Waals surface area contributed by atoms with Crippen molar-refractivity contribution in [2.45, 2.75) is 30.0 Å². The van der Waals surface area contributed by atoms with E-state index in [-0.39, 0.29) is 37.5 Å². The Morgan fingerprint density at radius 3 is 2.57 bits per heavy atom. The molecule has 2 fully saturated rings. The maximum Gasteiger partial charge on any atom is 0.417 e. The van der Waals surface area contributed by atoms with Gasteiger partial charge in [-0.1, -0.05) is 12.1 Å². The van der Waals surface area contributed by atoms with Crippen LogP contribution in [0.4, 0.5) is 13.2 Å². The van der Waals surface area contributed by atoms with Crippen molar-refractivity contribution in [3.8, 4) is 0 Å². The number of sulfonamides is 1. The van der Waals surface area contributed by atoms with Crippen LogP contribution >= 0.6 is 12.4 Å². The van der Waals surface area contributed by atoms with Crippen LogP contribution in [0.5, 0.6) is 0 Å². The monoisotopic (exact) mass is 370 g/mol. The smallest absolute Gasteiger partial charge is 0.314 e. The van der Waals surface area contributed by atoms with Crippen molar-refractivity contribution in [2.75, 3.05) is 19.6 Å². The SMILES string of the molecule is Cl.O=S(=O)(c1ccccc1C(F)(F)F)N1CCC2NCCC2C1. The molecule has 0 radical (unpaired) electrons. The van der Waals surface area contributed by atoms with Gasteiger partial charge in [-0.2, -0.15) is 17.5 Å². The van der Waals surface area contributed by atoms with Gasteiger partial charge in [0, 0.05) is 19.1 Å². The Balaban J connectivity index is 0.00000192. The van der Waals surface area contributed by atoms with E-state index in [2.05, 4.69) is 5.32 Å². The molecular formula is C14H18ClF3N2O2S. The molecule has 9 heteroatoms. The molecule has 0 saturated carbocycles. The zero-order valence-electron chi connectivity index (χ0n) is 12.2. The van der Waals surface area contributed by atoms with Gasteiger partial charge < -0.3 is 5.32 Å². The average Bonchev–Trinajstić information content (AvgIpc) is 2.93. The first kappa shape index (κ1) is 18.5. The largest absolute Gasteiger partial charge is 0.417 e. The Morgan fingerprint density at radius 2 is 1.87 bits per heavy atom. The number of rotatable bonds is 2. The summed E-state index contributed by atoms with van der Waals surface area (Å²) in [6.07, 6.45) is -3.19. The van der Waals surface area contributed by atoms with E-state index in [0.29, 0.717) is 6.42 Å². The van der Waals surface area contributed by atoms with Gasteiger partial charge in [-0.3, -0.25) is 0 Å². The van der Waals surface area contributed by atoms with Gasteiger partial charge >= 0.3 is 6.18 Å². The van der Waals surface area contributed by atoms with Crippen LogP contribution in [0.25, 0.3) is 0 Å². The van der Waals surface area contributed by atoms with Gasteiger partial charge in [0.15, 0.2) is 0 Å². The lowest BCUT2D eigenvalue weighted by Crippen LogP contribution is -2.47.